The van der Waals surface area contributed by atoms with Gasteiger partial charge in [0.15, 0.2) is 0 Å². The van der Waals surface area contributed by atoms with Crippen molar-refractivity contribution < 1.29 is 0 Å². The van der Waals surface area contributed by atoms with Gasteiger partial charge >= 0.3 is 0 Å². The van der Waals surface area contributed by atoms with Crippen molar-refractivity contribution in [3.8, 4) is 11.1 Å². The van der Waals surface area contributed by atoms with Crippen LogP contribution in [-0.4, -0.2) is 25.5 Å². The van der Waals surface area contributed by atoms with Crippen molar-refractivity contribution >= 4 is 17.0 Å². The Balaban J connectivity index is 1.94. The number of aryl methyl sites for hydroxylation is 3. The number of hydrogen-bond acceptors (Lipinski definition) is 2. The van der Waals surface area contributed by atoms with Crippen molar-refractivity contribution in [1.29, 1.82) is 0 Å². The average molecular weight is 539 g/mol. The zero-order chi connectivity index (χ0) is 28.7. The molecule has 0 heterocycles. The summed E-state index contributed by atoms with van der Waals surface area (Å²) in [5.74, 6) is 0. The van der Waals surface area contributed by atoms with Gasteiger partial charge in [0.25, 0.3) is 0 Å². The van der Waals surface area contributed by atoms with E-state index in [0.29, 0.717) is 0 Å². The highest BCUT2D eigenvalue weighted by molar-refractivity contribution is 6.63. The first-order valence-corrected chi connectivity index (χ1v) is 16.1. The van der Waals surface area contributed by atoms with Gasteiger partial charge in [0, 0.05) is 19.7 Å². The third kappa shape index (κ3) is 8.88. The van der Waals surface area contributed by atoms with Gasteiger partial charge in [0.05, 0.1) is 11.4 Å². The van der Waals surface area contributed by atoms with E-state index < -0.39 is 0 Å². The van der Waals surface area contributed by atoms with E-state index in [-0.39, 0.29) is 0 Å². The van der Waals surface area contributed by atoms with Crippen LogP contribution in [-0.2, 0) is 12.8 Å². The molecular formula is C38H54N2. The van der Waals surface area contributed by atoms with Crippen molar-refractivity contribution in [3.05, 3.63) is 76.4 Å². The van der Waals surface area contributed by atoms with Crippen LogP contribution in [0.4, 0.5) is 0 Å². The molecule has 0 aliphatic heterocycles. The molecule has 0 atom stereocenters. The molecule has 0 bridgehead atoms. The minimum atomic E-state index is 1.000. The minimum Gasteiger partial charge on any atom is -0.286 e. The van der Waals surface area contributed by atoms with Crippen molar-refractivity contribution in [2.24, 2.45) is 9.98 Å². The number of nitrogens with zero attached hydrogens (tertiary/aromatic N) is 2. The summed E-state index contributed by atoms with van der Waals surface area (Å²) in [6.45, 7) is 8.94. The zero-order valence-corrected chi connectivity index (χ0v) is 26.4. The number of aliphatic imine (C=N–C) groups is 2. The molecule has 40 heavy (non-hydrogen) atoms. The van der Waals surface area contributed by atoms with Crippen LogP contribution in [0.2, 0.25) is 0 Å². The first-order valence-electron chi connectivity index (χ1n) is 16.1. The molecular weight excluding hydrogens is 484 g/mol. The molecule has 2 heteroatoms. The van der Waals surface area contributed by atoms with Gasteiger partial charge in [-0.15, -0.1) is 0 Å². The Morgan fingerprint density at radius 2 is 1.07 bits per heavy atom. The molecule has 0 fully saturated rings. The third-order valence-electron chi connectivity index (χ3n) is 8.37. The fourth-order valence-corrected chi connectivity index (χ4v) is 6.04. The molecule has 0 saturated heterocycles. The molecule has 1 aliphatic carbocycles. The molecule has 0 spiro atoms. The number of hydrogen-bond donors (Lipinski definition) is 0. The van der Waals surface area contributed by atoms with E-state index in [4.69, 9.17) is 0 Å². The van der Waals surface area contributed by atoms with E-state index in [1.54, 1.807) is 0 Å². The monoisotopic (exact) mass is 538 g/mol. The fourth-order valence-electron chi connectivity index (χ4n) is 6.04. The predicted molar refractivity (Wildman–Crippen MR) is 179 cm³/mol. The van der Waals surface area contributed by atoms with Gasteiger partial charge in [-0.1, -0.05) is 132 Å². The lowest BCUT2D eigenvalue weighted by atomic mass is 9.85. The van der Waals surface area contributed by atoms with Crippen LogP contribution >= 0.6 is 0 Å². The summed E-state index contributed by atoms with van der Waals surface area (Å²) < 4.78 is 0. The standard InChI is InChI=1S/C38H54N2/c1-7-9-11-13-15-17-19-31-27-29(3)21-24-34(31)35-26-23-33(28-32(35)20-18-16-14-12-10-8-2)36-25-22-30(4)37(39-5)38(36)40-6/h21-28H,7-20H2,1-6H3. The summed E-state index contributed by atoms with van der Waals surface area (Å²) >= 11 is 0. The molecule has 2 aromatic carbocycles. The zero-order valence-electron chi connectivity index (χ0n) is 26.4. The average Bonchev–Trinajstić information content (AvgIpc) is 2.96. The van der Waals surface area contributed by atoms with E-state index in [9.17, 15) is 0 Å². The molecule has 0 unspecified atom stereocenters. The Bertz CT molecular complexity index is 1210. The maximum absolute atomic E-state index is 4.68. The van der Waals surface area contributed by atoms with Gasteiger partial charge < -0.3 is 0 Å². The fraction of sp³-hybridized carbons (Fsp3) is 0.526. The van der Waals surface area contributed by atoms with Crippen molar-refractivity contribution in [2.45, 2.75) is 118 Å². The number of rotatable bonds is 16. The molecule has 0 amide bonds. The second-order valence-corrected chi connectivity index (χ2v) is 11.6. The normalized spacial score (nSPS) is 15.6. The van der Waals surface area contributed by atoms with Gasteiger partial charge in [-0.25, -0.2) is 0 Å². The Labute approximate surface area is 245 Å². The summed E-state index contributed by atoms with van der Waals surface area (Å²) in [6.07, 6.45) is 22.6. The summed E-state index contributed by atoms with van der Waals surface area (Å²) in [5.41, 5.74) is 12.8. The maximum Gasteiger partial charge on any atom is 0.0903 e. The van der Waals surface area contributed by atoms with Crippen LogP contribution in [0.5, 0.6) is 0 Å². The summed E-state index contributed by atoms with van der Waals surface area (Å²) in [7, 11) is 3.76. The molecule has 2 aromatic rings. The first kappa shape index (κ1) is 31.8. The van der Waals surface area contributed by atoms with E-state index >= 15 is 0 Å². The van der Waals surface area contributed by atoms with Crippen molar-refractivity contribution in [2.75, 3.05) is 14.1 Å². The quantitative estimate of drug-likeness (QED) is 0.150. The Morgan fingerprint density at radius 3 is 1.65 bits per heavy atom. The maximum atomic E-state index is 4.68. The largest absolute Gasteiger partial charge is 0.286 e. The van der Waals surface area contributed by atoms with Crippen LogP contribution in [0.25, 0.3) is 16.7 Å². The molecule has 0 aromatic heterocycles. The Kier molecular flexibility index (Phi) is 13.6. The van der Waals surface area contributed by atoms with E-state index in [0.717, 1.165) is 17.8 Å². The minimum absolute atomic E-state index is 1.000. The van der Waals surface area contributed by atoms with Crippen LogP contribution in [0.15, 0.2) is 64.1 Å². The van der Waals surface area contributed by atoms with Gasteiger partial charge in [-0.05, 0) is 72.9 Å². The SMILES string of the molecule is CCCCCCCCc1cc(C)ccc1-c1ccc(C2=CC=C(C)C(=NC)C2=NC)cc1CCCCCCCC. The number of unbranched alkanes of at least 4 members (excludes halogenated alkanes) is 10. The van der Waals surface area contributed by atoms with Crippen LogP contribution in [0.1, 0.15) is 120 Å². The van der Waals surface area contributed by atoms with Crippen molar-refractivity contribution in [1.82, 2.24) is 0 Å². The Hall–Kier alpha value is -2.74. The topological polar surface area (TPSA) is 24.7 Å². The van der Waals surface area contributed by atoms with Gasteiger partial charge in [-0.3, -0.25) is 9.98 Å². The number of allylic oxidation sites excluding steroid dienone is 4. The molecule has 0 N–H and O–H groups in total. The first-order chi connectivity index (χ1) is 19.5. The van der Waals surface area contributed by atoms with E-state index in [1.165, 1.54) is 128 Å². The van der Waals surface area contributed by atoms with E-state index in [1.807, 2.05) is 14.1 Å². The van der Waals surface area contributed by atoms with Crippen LogP contribution < -0.4 is 0 Å². The Morgan fingerprint density at radius 1 is 0.550 bits per heavy atom. The van der Waals surface area contributed by atoms with Gasteiger partial charge in [0.1, 0.15) is 0 Å². The molecule has 2 nitrogen and oxygen atoms in total. The molecule has 0 saturated carbocycles. The highest BCUT2D eigenvalue weighted by atomic mass is 14.8. The highest BCUT2D eigenvalue weighted by Crippen LogP contribution is 2.34. The van der Waals surface area contributed by atoms with Crippen LogP contribution in [0.3, 0.4) is 0 Å². The van der Waals surface area contributed by atoms with Gasteiger partial charge in [-0.2, -0.15) is 0 Å². The van der Waals surface area contributed by atoms with Gasteiger partial charge in [0.2, 0.25) is 0 Å². The summed E-state index contributed by atoms with van der Waals surface area (Å²) in [4.78, 5) is 9.26. The second kappa shape index (κ2) is 17.2. The predicted octanol–water partition coefficient (Wildman–Crippen LogP) is 11.0. The van der Waals surface area contributed by atoms with Crippen LogP contribution in [0, 0.1) is 6.92 Å². The second-order valence-electron chi connectivity index (χ2n) is 11.6. The molecule has 1 aliphatic rings. The van der Waals surface area contributed by atoms with E-state index in [2.05, 4.69) is 86.2 Å². The lowest BCUT2D eigenvalue weighted by Gasteiger charge is -2.20. The summed E-state index contributed by atoms with van der Waals surface area (Å²) in [6, 6.07) is 14.3. The lowest BCUT2D eigenvalue weighted by molar-refractivity contribution is 0.607. The molecule has 3 rings (SSSR count). The lowest BCUT2D eigenvalue weighted by Crippen LogP contribution is -2.20. The smallest absolute Gasteiger partial charge is 0.0903 e. The number of benzene rings is 2. The van der Waals surface area contributed by atoms with Crippen molar-refractivity contribution in [3.63, 3.8) is 0 Å². The highest BCUT2D eigenvalue weighted by Gasteiger charge is 2.21. The molecule has 0 radical (unpaired) electrons. The summed E-state index contributed by atoms with van der Waals surface area (Å²) in [5, 5.41) is 0. The third-order valence-corrected chi connectivity index (χ3v) is 8.37. The molecule has 216 valence electrons.